The first-order chi connectivity index (χ1) is 20.7. The molecule has 1 aliphatic heterocycles. The average Bonchev–Trinajstić information content (AvgIpc) is 3.48. The molecular weight excluding hydrogens is 589 g/mol. The van der Waals surface area contributed by atoms with Gasteiger partial charge >= 0.3 is 0 Å². The summed E-state index contributed by atoms with van der Waals surface area (Å²) in [6.45, 7) is 0.930. The first kappa shape index (κ1) is 28.7. The zero-order valence-corrected chi connectivity index (χ0v) is 23.4. The second kappa shape index (κ2) is 11.3. The molecule has 1 aliphatic carbocycles. The molecular formula is C28H24ClF3N8O3. The summed E-state index contributed by atoms with van der Waals surface area (Å²) in [5, 5.41) is 6.68. The number of alkyl halides is 2. The number of methoxy groups -OCH3 is 1. The van der Waals surface area contributed by atoms with Gasteiger partial charge < -0.3 is 10.5 Å². The zero-order chi connectivity index (χ0) is 30.4. The molecule has 222 valence electrons. The molecule has 43 heavy (non-hydrogen) atoms. The lowest BCUT2D eigenvalue weighted by molar-refractivity contribution is -0.118. The zero-order valence-electron chi connectivity index (χ0n) is 22.6. The first-order valence-corrected chi connectivity index (χ1v) is 13.7. The molecule has 1 saturated carbocycles. The second-order valence-corrected chi connectivity index (χ2v) is 10.7. The summed E-state index contributed by atoms with van der Waals surface area (Å²) < 4.78 is 47.7. The molecule has 3 N–H and O–H groups in total. The van der Waals surface area contributed by atoms with Gasteiger partial charge in [0.15, 0.2) is 11.5 Å². The first-order valence-electron chi connectivity index (χ1n) is 13.3. The maximum atomic E-state index is 15.0. The summed E-state index contributed by atoms with van der Waals surface area (Å²) in [5.41, 5.74) is 5.17. The number of nitrogens with zero attached hydrogens (tertiary/aromatic N) is 6. The van der Waals surface area contributed by atoms with E-state index in [9.17, 15) is 22.8 Å². The lowest BCUT2D eigenvalue weighted by Gasteiger charge is -2.20. The Bertz CT molecular complexity index is 1720. The Kier molecular flexibility index (Phi) is 7.56. The Hall–Kier alpha value is -4.43. The Balaban J connectivity index is 1.39. The monoisotopic (exact) mass is 612 g/mol. The van der Waals surface area contributed by atoms with Gasteiger partial charge in [0.1, 0.15) is 5.69 Å². The number of benzene rings is 1. The summed E-state index contributed by atoms with van der Waals surface area (Å²) in [6.07, 6.45) is 4.01. The van der Waals surface area contributed by atoms with Crippen molar-refractivity contribution in [3.8, 4) is 22.5 Å². The predicted molar refractivity (Wildman–Crippen MR) is 148 cm³/mol. The molecule has 4 aromatic rings. The van der Waals surface area contributed by atoms with Crippen molar-refractivity contribution in [3.63, 3.8) is 0 Å². The Morgan fingerprint density at radius 1 is 1.21 bits per heavy atom. The largest absolute Gasteiger partial charge is 0.385 e. The van der Waals surface area contributed by atoms with Gasteiger partial charge in [0.2, 0.25) is 11.9 Å². The van der Waals surface area contributed by atoms with E-state index in [0.29, 0.717) is 48.3 Å². The number of amides is 2. The van der Waals surface area contributed by atoms with E-state index in [1.165, 1.54) is 6.20 Å². The van der Waals surface area contributed by atoms with Crippen LogP contribution in [-0.4, -0.2) is 62.2 Å². The van der Waals surface area contributed by atoms with Crippen molar-refractivity contribution in [3.05, 3.63) is 70.3 Å². The number of primary amides is 1. The van der Waals surface area contributed by atoms with Crippen molar-refractivity contribution in [1.29, 1.82) is 0 Å². The summed E-state index contributed by atoms with van der Waals surface area (Å²) in [7, 11) is 1.55. The van der Waals surface area contributed by atoms with E-state index < -0.39 is 40.2 Å². The number of aromatic amines is 1. The molecule has 0 bridgehead atoms. The molecule has 2 aliphatic rings. The number of H-pyrrole nitrogens is 1. The van der Waals surface area contributed by atoms with Gasteiger partial charge in [0, 0.05) is 61.2 Å². The molecule has 11 nitrogen and oxygen atoms in total. The van der Waals surface area contributed by atoms with Crippen molar-refractivity contribution in [1.82, 2.24) is 30.1 Å². The molecule has 2 amide bonds. The number of nitrogens with two attached hydrogens (primary N) is 1. The number of carbonyl (C=O) groups is 2. The van der Waals surface area contributed by atoms with Gasteiger partial charge in [0.05, 0.1) is 28.8 Å². The van der Waals surface area contributed by atoms with Crippen LogP contribution in [0.4, 0.5) is 19.1 Å². The van der Waals surface area contributed by atoms with E-state index in [1.54, 1.807) is 24.4 Å². The summed E-state index contributed by atoms with van der Waals surface area (Å²) >= 11 is 5.86. The number of ether oxygens (including phenoxy) is 1. The van der Waals surface area contributed by atoms with Crippen molar-refractivity contribution in [2.24, 2.45) is 17.6 Å². The van der Waals surface area contributed by atoms with Crippen LogP contribution in [0.2, 0.25) is 5.02 Å². The van der Waals surface area contributed by atoms with E-state index in [0.717, 1.165) is 24.8 Å². The van der Waals surface area contributed by atoms with Crippen molar-refractivity contribution in [2.75, 3.05) is 25.2 Å². The summed E-state index contributed by atoms with van der Waals surface area (Å²) in [5.74, 6) is -1.80. The van der Waals surface area contributed by atoms with Crippen LogP contribution in [0.5, 0.6) is 0 Å². The highest BCUT2D eigenvalue weighted by molar-refractivity contribution is 6.31. The third kappa shape index (κ3) is 5.20. The van der Waals surface area contributed by atoms with E-state index in [-0.39, 0.29) is 28.9 Å². The van der Waals surface area contributed by atoms with Gasteiger partial charge in [-0.05, 0) is 30.4 Å². The van der Waals surface area contributed by atoms with Crippen LogP contribution in [0.1, 0.15) is 52.5 Å². The highest BCUT2D eigenvalue weighted by Gasteiger charge is 2.53. The SMILES string of the molecule is COCCC(c1cnc(N2C[C@H]3C[C@H]3C2=O)nc1)c1[nH]ncc1-c1ncc(-c2c(C(F)F)ccc(Cl)c2F)nc1C(N)=O. The minimum absolute atomic E-state index is 0.00266. The van der Waals surface area contributed by atoms with Gasteiger partial charge in [-0.3, -0.25) is 24.6 Å². The van der Waals surface area contributed by atoms with Gasteiger partial charge in [-0.1, -0.05) is 17.7 Å². The van der Waals surface area contributed by atoms with Crippen LogP contribution in [0, 0.1) is 17.7 Å². The van der Waals surface area contributed by atoms with Crippen molar-refractivity contribution < 1.29 is 27.5 Å². The summed E-state index contributed by atoms with van der Waals surface area (Å²) in [4.78, 5) is 44.0. The molecule has 2 fully saturated rings. The maximum absolute atomic E-state index is 15.0. The second-order valence-electron chi connectivity index (χ2n) is 10.3. The fourth-order valence-electron chi connectivity index (χ4n) is 5.46. The standard InChI is InChI=1S/C28H24ClF3N8O3/c1-43-5-4-14(13-7-35-28(36-8-13)40-11-12-6-16(12)27(40)42)22-17(9-37-39-22)23-24(26(33)41)38-19(10-34-23)20-15(25(31)32)2-3-18(29)21(20)30/h2-3,7-10,12,14,16,25H,4-6,11H2,1H3,(H2,33,41)(H,37,39)/t12-,14?,16-/m1/s1. The normalized spacial score (nSPS) is 18.3. The van der Waals surface area contributed by atoms with Gasteiger partial charge in [-0.25, -0.2) is 28.1 Å². The lowest BCUT2D eigenvalue weighted by atomic mass is 9.91. The number of anilines is 1. The molecule has 0 radical (unpaired) electrons. The summed E-state index contributed by atoms with van der Waals surface area (Å²) in [6, 6.07) is 1.99. The van der Waals surface area contributed by atoms with Crippen LogP contribution < -0.4 is 10.6 Å². The van der Waals surface area contributed by atoms with Crippen LogP contribution >= 0.6 is 11.6 Å². The fourth-order valence-corrected chi connectivity index (χ4v) is 5.61. The number of carbonyl (C=O) groups excluding carboxylic acids is 2. The minimum Gasteiger partial charge on any atom is -0.385 e. The molecule has 1 aromatic carbocycles. The number of rotatable bonds is 10. The van der Waals surface area contributed by atoms with E-state index in [1.807, 2.05) is 0 Å². The third-order valence-corrected chi connectivity index (χ3v) is 8.02. The predicted octanol–water partition coefficient (Wildman–Crippen LogP) is 4.30. The molecule has 1 unspecified atom stereocenters. The van der Waals surface area contributed by atoms with Gasteiger partial charge in [-0.15, -0.1) is 0 Å². The topological polar surface area (TPSA) is 153 Å². The minimum atomic E-state index is -3.05. The smallest absolute Gasteiger partial charge is 0.269 e. The molecule has 4 heterocycles. The van der Waals surface area contributed by atoms with Crippen molar-refractivity contribution >= 4 is 29.4 Å². The Labute approximate surface area is 247 Å². The lowest BCUT2D eigenvalue weighted by Crippen LogP contribution is -2.29. The van der Waals surface area contributed by atoms with E-state index in [4.69, 9.17) is 22.1 Å². The number of aromatic nitrogens is 6. The number of halogens is 4. The number of nitrogens with one attached hydrogen (secondary N) is 1. The van der Waals surface area contributed by atoms with Gasteiger partial charge in [0.25, 0.3) is 12.3 Å². The highest BCUT2D eigenvalue weighted by Crippen LogP contribution is 2.47. The van der Waals surface area contributed by atoms with E-state index >= 15 is 0 Å². The fraction of sp³-hybridized carbons (Fsp3) is 0.321. The van der Waals surface area contributed by atoms with Crippen LogP contribution in [0.3, 0.4) is 0 Å². The van der Waals surface area contributed by atoms with Gasteiger partial charge in [-0.2, -0.15) is 5.10 Å². The van der Waals surface area contributed by atoms with Crippen LogP contribution in [0.15, 0.2) is 36.9 Å². The molecule has 6 rings (SSSR count). The van der Waals surface area contributed by atoms with E-state index in [2.05, 4.69) is 30.1 Å². The molecule has 0 spiro atoms. The van der Waals surface area contributed by atoms with Crippen LogP contribution in [-0.2, 0) is 9.53 Å². The average molecular weight is 613 g/mol. The number of fused-ring (bicyclic) bond motifs is 1. The molecule has 3 aromatic heterocycles. The molecule has 3 atom stereocenters. The van der Waals surface area contributed by atoms with Crippen molar-refractivity contribution in [2.45, 2.75) is 25.2 Å². The number of hydrogen-bond acceptors (Lipinski definition) is 8. The van der Waals surface area contributed by atoms with Crippen LogP contribution in [0.25, 0.3) is 22.5 Å². The third-order valence-electron chi connectivity index (χ3n) is 7.73. The number of piperidine rings is 1. The quantitative estimate of drug-likeness (QED) is 0.269. The highest BCUT2D eigenvalue weighted by atomic mass is 35.5. The Morgan fingerprint density at radius 3 is 2.63 bits per heavy atom. The molecule has 1 saturated heterocycles. The number of hydrogen-bond donors (Lipinski definition) is 2. The molecule has 15 heteroatoms. The Morgan fingerprint density at radius 2 is 1.98 bits per heavy atom. The maximum Gasteiger partial charge on any atom is 0.269 e.